The molecule has 0 aliphatic heterocycles. The third-order valence-electron chi connectivity index (χ3n) is 2.98. The lowest BCUT2D eigenvalue weighted by Crippen LogP contribution is -2.39. The van der Waals surface area contributed by atoms with Crippen molar-refractivity contribution in [2.75, 3.05) is 26.2 Å². The molecule has 0 heterocycles. The van der Waals surface area contributed by atoms with Crippen LogP contribution in [0.25, 0.3) is 0 Å². The normalized spacial score (nSPS) is 13.2. The smallest absolute Gasteiger partial charge is 0.138 e. The van der Waals surface area contributed by atoms with Crippen LogP contribution in [-0.4, -0.2) is 42.4 Å². The van der Waals surface area contributed by atoms with Crippen LogP contribution in [0.4, 0.5) is 0 Å². The van der Waals surface area contributed by atoms with Crippen molar-refractivity contribution in [3.05, 3.63) is 29.3 Å². The van der Waals surface area contributed by atoms with E-state index in [0.717, 1.165) is 13.1 Å². The van der Waals surface area contributed by atoms with Crippen molar-refractivity contribution in [1.29, 1.82) is 0 Å². The number of aliphatic hydroxyl groups excluding tert-OH is 1. The van der Waals surface area contributed by atoms with Gasteiger partial charge in [0.05, 0.1) is 5.02 Å². The molecule has 0 bridgehead atoms. The summed E-state index contributed by atoms with van der Waals surface area (Å²) in [6, 6.07) is 7.33. The third kappa shape index (κ3) is 7.70. The van der Waals surface area contributed by atoms with Crippen molar-refractivity contribution >= 4 is 11.6 Å². The number of ether oxygens (including phenoxy) is 1. The molecule has 0 fully saturated rings. The molecule has 1 N–H and O–H groups in total. The first-order chi connectivity index (χ1) is 9.88. The summed E-state index contributed by atoms with van der Waals surface area (Å²) >= 11 is 6.03. The minimum absolute atomic E-state index is 0.260. The van der Waals surface area contributed by atoms with Gasteiger partial charge in [-0.25, -0.2) is 0 Å². The van der Waals surface area contributed by atoms with Crippen LogP contribution in [0, 0.1) is 11.8 Å². The van der Waals surface area contributed by atoms with Crippen molar-refractivity contribution in [2.45, 2.75) is 33.8 Å². The van der Waals surface area contributed by atoms with E-state index in [-0.39, 0.29) is 6.61 Å². The Hall–Kier alpha value is -0.770. The van der Waals surface area contributed by atoms with Crippen molar-refractivity contribution in [2.24, 2.45) is 11.8 Å². The molecule has 1 atom stereocenters. The number of benzene rings is 1. The number of hydrogen-bond donors (Lipinski definition) is 1. The topological polar surface area (TPSA) is 32.7 Å². The van der Waals surface area contributed by atoms with Crippen LogP contribution in [0.2, 0.25) is 5.02 Å². The van der Waals surface area contributed by atoms with Crippen LogP contribution in [0.3, 0.4) is 0 Å². The van der Waals surface area contributed by atoms with Crippen LogP contribution in [-0.2, 0) is 0 Å². The summed E-state index contributed by atoms with van der Waals surface area (Å²) in [4.78, 5) is 2.30. The Labute approximate surface area is 133 Å². The predicted octanol–water partition coefficient (Wildman–Crippen LogP) is 3.69. The molecule has 0 radical (unpaired) electrons. The number of nitrogens with zero attached hydrogens (tertiary/aromatic N) is 1. The fourth-order valence-corrected chi connectivity index (χ4v) is 2.55. The van der Waals surface area contributed by atoms with Crippen molar-refractivity contribution < 1.29 is 9.84 Å². The molecule has 0 saturated heterocycles. The molecule has 1 aromatic rings. The van der Waals surface area contributed by atoms with E-state index in [9.17, 15) is 5.11 Å². The van der Waals surface area contributed by atoms with E-state index in [1.165, 1.54) is 0 Å². The van der Waals surface area contributed by atoms with Gasteiger partial charge in [-0.15, -0.1) is 0 Å². The molecular formula is C17H28ClNO2. The summed E-state index contributed by atoms with van der Waals surface area (Å²) in [7, 11) is 0. The molecule has 0 spiro atoms. The molecule has 1 rings (SSSR count). The van der Waals surface area contributed by atoms with E-state index in [2.05, 4.69) is 32.6 Å². The van der Waals surface area contributed by atoms with Gasteiger partial charge in [0.1, 0.15) is 18.5 Å². The lowest BCUT2D eigenvalue weighted by Gasteiger charge is -2.28. The van der Waals surface area contributed by atoms with Gasteiger partial charge in [-0.1, -0.05) is 51.4 Å². The van der Waals surface area contributed by atoms with Crippen molar-refractivity contribution in [3.8, 4) is 5.75 Å². The summed E-state index contributed by atoms with van der Waals surface area (Å²) in [5.41, 5.74) is 0. The summed E-state index contributed by atoms with van der Waals surface area (Å²) < 4.78 is 5.60. The average molecular weight is 314 g/mol. The van der Waals surface area contributed by atoms with E-state index in [1.54, 1.807) is 6.07 Å². The molecular weight excluding hydrogens is 286 g/mol. The largest absolute Gasteiger partial charge is 0.489 e. The second-order valence-electron chi connectivity index (χ2n) is 6.40. The van der Waals surface area contributed by atoms with Gasteiger partial charge in [0.15, 0.2) is 0 Å². The van der Waals surface area contributed by atoms with E-state index in [0.29, 0.717) is 29.2 Å². The monoisotopic (exact) mass is 313 g/mol. The van der Waals surface area contributed by atoms with E-state index in [4.69, 9.17) is 16.3 Å². The van der Waals surface area contributed by atoms with E-state index < -0.39 is 6.10 Å². The molecule has 0 aromatic heterocycles. The molecule has 1 unspecified atom stereocenters. The summed E-state index contributed by atoms with van der Waals surface area (Å²) in [5, 5.41) is 10.8. The van der Waals surface area contributed by atoms with Gasteiger partial charge >= 0.3 is 0 Å². The molecule has 3 nitrogen and oxygen atoms in total. The average Bonchev–Trinajstić information content (AvgIpc) is 2.36. The standard InChI is InChI=1S/C17H28ClNO2/c1-13(2)9-19(10-14(3)4)11-15(20)12-21-17-8-6-5-7-16(17)18/h5-8,13-15,20H,9-12H2,1-4H3. The highest BCUT2D eigenvalue weighted by Gasteiger charge is 2.15. The maximum Gasteiger partial charge on any atom is 0.138 e. The van der Waals surface area contributed by atoms with Gasteiger partial charge in [0, 0.05) is 19.6 Å². The summed E-state index contributed by atoms with van der Waals surface area (Å²) in [5.74, 6) is 1.79. The molecule has 0 aliphatic rings. The van der Waals surface area contributed by atoms with Gasteiger partial charge in [-0.2, -0.15) is 0 Å². The van der Waals surface area contributed by atoms with Crippen molar-refractivity contribution in [3.63, 3.8) is 0 Å². The summed E-state index contributed by atoms with van der Waals surface area (Å²) in [6.07, 6.45) is -0.515. The first-order valence-electron chi connectivity index (χ1n) is 7.66. The number of hydrogen-bond acceptors (Lipinski definition) is 3. The third-order valence-corrected chi connectivity index (χ3v) is 3.30. The van der Waals surface area contributed by atoms with Gasteiger partial charge in [-0.3, -0.25) is 0 Å². The second kappa shape index (κ2) is 9.29. The highest BCUT2D eigenvalue weighted by Crippen LogP contribution is 2.23. The van der Waals surface area contributed by atoms with Crippen molar-refractivity contribution in [1.82, 2.24) is 4.90 Å². The van der Waals surface area contributed by atoms with Crippen LogP contribution < -0.4 is 4.74 Å². The Morgan fingerprint density at radius 1 is 1.05 bits per heavy atom. The quantitative estimate of drug-likeness (QED) is 0.754. The lowest BCUT2D eigenvalue weighted by atomic mass is 10.1. The Bertz CT molecular complexity index is 400. The number of aliphatic hydroxyl groups is 1. The van der Waals surface area contributed by atoms with Crippen LogP contribution in [0.5, 0.6) is 5.75 Å². The SMILES string of the molecule is CC(C)CN(CC(C)C)CC(O)COc1ccccc1Cl. The molecule has 0 saturated carbocycles. The molecule has 4 heteroatoms. The minimum atomic E-state index is -0.515. The number of halogens is 1. The number of para-hydroxylation sites is 1. The lowest BCUT2D eigenvalue weighted by molar-refractivity contribution is 0.0601. The van der Waals surface area contributed by atoms with Gasteiger partial charge in [0.25, 0.3) is 0 Å². The van der Waals surface area contributed by atoms with E-state index >= 15 is 0 Å². The Morgan fingerprint density at radius 2 is 1.62 bits per heavy atom. The zero-order chi connectivity index (χ0) is 15.8. The maximum absolute atomic E-state index is 10.2. The first-order valence-corrected chi connectivity index (χ1v) is 8.04. The second-order valence-corrected chi connectivity index (χ2v) is 6.81. The van der Waals surface area contributed by atoms with E-state index in [1.807, 2.05) is 18.2 Å². The first kappa shape index (κ1) is 18.3. The molecule has 0 amide bonds. The molecule has 120 valence electrons. The predicted molar refractivity (Wildman–Crippen MR) is 89.1 cm³/mol. The van der Waals surface area contributed by atoms with Crippen LogP contribution in [0.1, 0.15) is 27.7 Å². The van der Waals surface area contributed by atoms with Crippen LogP contribution in [0.15, 0.2) is 24.3 Å². The Balaban J connectivity index is 2.46. The Kier molecular flexibility index (Phi) is 8.09. The van der Waals surface area contributed by atoms with Gasteiger partial charge < -0.3 is 14.7 Å². The maximum atomic E-state index is 10.2. The van der Waals surface area contributed by atoms with Gasteiger partial charge in [-0.05, 0) is 24.0 Å². The molecule has 0 aliphatic carbocycles. The van der Waals surface area contributed by atoms with Gasteiger partial charge in [0.2, 0.25) is 0 Å². The zero-order valence-corrected chi connectivity index (χ0v) is 14.3. The summed E-state index contributed by atoms with van der Waals surface area (Å²) in [6.45, 7) is 11.6. The molecule has 1 aromatic carbocycles. The highest BCUT2D eigenvalue weighted by atomic mass is 35.5. The highest BCUT2D eigenvalue weighted by molar-refractivity contribution is 6.32. The molecule has 21 heavy (non-hydrogen) atoms. The Morgan fingerprint density at radius 3 is 2.14 bits per heavy atom. The van der Waals surface area contributed by atoms with Crippen LogP contribution >= 0.6 is 11.6 Å². The zero-order valence-electron chi connectivity index (χ0n) is 13.6. The fourth-order valence-electron chi connectivity index (χ4n) is 2.35. The fraction of sp³-hybridized carbons (Fsp3) is 0.647. The minimum Gasteiger partial charge on any atom is -0.489 e. The number of rotatable bonds is 9.